The normalized spacial score (nSPS) is 19.0. The summed E-state index contributed by atoms with van der Waals surface area (Å²) in [5, 5.41) is 33.0. The van der Waals surface area contributed by atoms with Gasteiger partial charge in [0.2, 0.25) is 0 Å². The Bertz CT molecular complexity index is 1620. The number of carbonyl (C=O) groups excluding carboxylic acids is 1. The number of amides is 1. The number of methoxy groups -OCH3 is 1. The number of hydrogen-bond acceptors (Lipinski definition) is 8. The van der Waals surface area contributed by atoms with Crippen molar-refractivity contribution in [3.05, 3.63) is 82.7 Å². The van der Waals surface area contributed by atoms with Gasteiger partial charge in [-0.1, -0.05) is 0 Å². The molecule has 1 aliphatic rings. The van der Waals surface area contributed by atoms with Crippen molar-refractivity contribution in [3.8, 4) is 17.0 Å². The second kappa shape index (κ2) is 10.7. The van der Waals surface area contributed by atoms with Gasteiger partial charge in [0.25, 0.3) is 5.91 Å². The van der Waals surface area contributed by atoms with E-state index in [1.807, 2.05) is 0 Å². The number of nitrogens with zero attached hydrogens (tertiary/aromatic N) is 3. The molecule has 2 aromatic heterocycles. The summed E-state index contributed by atoms with van der Waals surface area (Å²) in [4.78, 5) is 17.9. The van der Waals surface area contributed by atoms with E-state index in [1.54, 1.807) is 25.1 Å². The molecule has 2 aromatic carbocycles. The van der Waals surface area contributed by atoms with Gasteiger partial charge in [0.1, 0.15) is 28.4 Å². The standard InChI is InChI=1S/C30H30F2N4O5/c1-16-9-18-10-19(11-23(40-4)26(18)36-35-16)28(38)33-15-30(13-21(37)14-41-30)24-12-22(29(2,3)39)25(32)27(34-24)17-5-7-20(31)8-6-17/h5-12,21,37,39H,13-15H2,1-4H3,(H,33,38)/t21-,30-/m1/s1. The van der Waals surface area contributed by atoms with Crippen LogP contribution in [-0.2, 0) is 15.9 Å². The zero-order valence-electron chi connectivity index (χ0n) is 23.0. The predicted molar refractivity (Wildman–Crippen MR) is 146 cm³/mol. The van der Waals surface area contributed by atoms with Gasteiger partial charge in [-0.2, -0.15) is 5.10 Å². The van der Waals surface area contributed by atoms with Crippen molar-refractivity contribution in [1.82, 2.24) is 20.5 Å². The largest absolute Gasteiger partial charge is 0.494 e. The van der Waals surface area contributed by atoms with Crippen LogP contribution in [0.2, 0.25) is 0 Å². The summed E-state index contributed by atoms with van der Waals surface area (Å²) in [6, 6.07) is 11.5. The number of ether oxygens (including phenoxy) is 2. The first-order valence-corrected chi connectivity index (χ1v) is 13.0. The number of aryl methyl sites for hydroxylation is 1. The Balaban J connectivity index is 1.54. The number of pyridine rings is 1. The molecular weight excluding hydrogens is 534 g/mol. The summed E-state index contributed by atoms with van der Waals surface area (Å²) in [5.74, 6) is -1.34. The van der Waals surface area contributed by atoms with Crippen LogP contribution < -0.4 is 10.1 Å². The topological polar surface area (TPSA) is 127 Å². The van der Waals surface area contributed by atoms with Crippen LogP contribution in [0.15, 0.2) is 48.5 Å². The van der Waals surface area contributed by atoms with Crippen molar-refractivity contribution in [2.75, 3.05) is 20.3 Å². The quantitative estimate of drug-likeness (QED) is 0.308. The van der Waals surface area contributed by atoms with Gasteiger partial charge in [0, 0.05) is 28.5 Å². The van der Waals surface area contributed by atoms with E-state index < -0.39 is 34.8 Å². The zero-order chi connectivity index (χ0) is 29.5. The van der Waals surface area contributed by atoms with Gasteiger partial charge in [-0.15, -0.1) is 5.10 Å². The van der Waals surface area contributed by atoms with E-state index >= 15 is 4.39 Å². The number of fused-ring (bicyclic) bond motifs is 1. The molecule has 0 aliphatic carbocycles. The van der Waals surface area contributed by atoms with Crippen LogP contribution in [-0.4, -0.2) is 57.7 Å². The average molecular weight is 565 g/mol. The summed E-state index contributed by atoms with van der Waals surface area (Å²) in [6.07, 6.45) is -0.823. The molecule has 1 amide bonds. The molecule has 11 heteroatoms. The van der Waals surface area contributed by atoms with E-state index in [1.165, 1.54) is 51.3 Å². The second-order valence-electron chi connectivity index (χ2n) is 10.7. The molecule has 1 saturated heterocycles. The Labute approximate surface area is 235 Å². The molecule has 5 rings (SSSR count). The molecule has 4 aromatic rings. The van der Waals surface area contributed by atoms with E-state index in [4.69, 9.17) is 9.47 Å². The maximum atomic E-state index is 15.7. The van der Waals surface area contributed by atoms with E-state index in [9.17, 15) is 19.4 Å². The number of nitrogens with one attached hydrogen (secondary N) is 1. The summed E-state index contributed by atoms with van der Waals surface area (Å²) < 4.78 is 40.8. The number of benzene rings is 2. The number of aliphatic hydroxyl groups is 2. The lowest BCUT2D eigenvalue weighted by atomic mass is 9.88. The van der Waals surface area contributed by atoms with Crippen molar-refractivity contribution >= 4 is 16.8 Å². The monoisotopic (exact) mass is 564 g/mol. The molecule has 0 saturated carbocycles. The third-order valence-corrected chi connectivity index (χ3v) is 7.11. The van der Waals surface area contributed by atoms with Gasteiger partial charge >= 0.3 is 0 Å². The summed E-state index contributed by atoms with van der Waals surface area (Å²) >= 11 is 0. The molecule has 2 atom stereocenters. The van der Waals surface area contributed by atoms with Crippen LogP contribution in [0, 0.1) is 18.6 Å². The highest BCUT2D eigenvalue weighted by Gasteiger charge is 2.44. The maximum absolute atomic E-state index is 15.7. The van der Waals surface area contributed by atoms with E-state index in [0.29, 0.717) is 27.9 Å². The van der Waals surface area contributed by atoms with Crippen molar-refractivity contribution in [2.45, 2.75) is 44.5 Å². The van der Waals surface area contributed by atoms with Crippen LogP contribution in [0.3, 0.4) is 0 Å². The molecule has 1 aliphatic heterocycles. The minimum absolute atomic E-state index is 0.0413. The number of hydrogen-bond donors (Lipinski definition) is 3. The van der Waals surface area contributed by atoms with E-state index in [0.717, 1.165) is 0 Å². The fourth-order valence-electron chi connectivity index (χ4n) is 4.99. The number of aromatic nitrogens is 3. The Kier molecular flexibility index (Phi) is 7.45. The Morgan fingerprint density at radius 2 is 1.90 bits per heavy atom. The Hall–Kier alpha value is -4.06. The summed E-state index contributed by atoms with van der Waals surface area (Å²) in [6.45, 7) is 4.49. The van der Waals surface area contributed by atoms with Gasteiger partial charge in [-0.05, 0) is 69.3 Å². The molecule has 214 valence electrons. The molecule has 3 N–H and O–H groups in total. The van der Waals surface area contributed by atoms with Crippen LogP contribution in [0.4, 0.5) is 8.78 Å². The number of aliphatic hydroxyl groups excluding tert-OH is 1. The van der Waals surface area contributed by atoms with Crippen molar-refractivity contribution in [1.29, 1.82) is 0 Å². The lowest BCUT2D eigenvalue weighted by molar-refractivity contribution is -0.00530. The van der Waals surface area contributed by atoms with Gasteiger partial charge in [-0.25, -0.2) is 13.8 Å². The molecule has 9 nitrogen and oxygen atoms in total. The SMILES string of the molecule is COc1cc(C(=O)NC[C@@]2(c3cc(C(C)(C)O)c(F)c(-c4ccc(F)cc4)n3)C[C@@H](O)CO2)cc2cc(C)nnc12. The second-order valence-corrected chi connectivity index (χ2v) is 10.7. The molecule has 0 spiro atoms. The Morgan fingerprint density at radius 3 is 2.54 bits per heavy atom. The first-order valence-electron chi connectivity index (χ1n) is 13.0. The van der Waals surface area contributed by atoms with Crippen LogP contribution in [0.1, 0.15) is 47.6 Å². The highest BCUT2D eigenvalue weighted by molar-refractivity contribution is 5.99. The smallest absolute Gasteiger partial charge is 0.251 e. The first-order chi connectivity index (χ1) is 19.4. The first kappa shape index (κ1) is 28.5. The van der Waals surface area contributed by atoms with Crippen molar-refractivity contribution in [3.63, 3.8) is 0 Å². The minimum atomic E-state index is -1.61. The highest BCUT2D eigenvalue weighted by Crippen LogP contribution is 2.39. The summed E-state index contributed by atoms with van der Waals surface area (Å²) in [5.41, 5.74) is -1.17. The van der Waals surface area contributed by atoms with Crippen molar-refractivity contribution < 1.29 is 33.3 Å². The van der Waals surface area contributed by atoms with E-state index in [-0.39, 0.29) is 42.1 Å². The number of carbonyl (C=O) groups is 1. The van der Waals surface area contributed by atoms with E-state index in [2.05, 4.69) is 20.5 Å². The van der Waals surface area contributed by atoms with Crippen molar-refractivity contribution in [2.24, 2.45) is 0 Å². The maximum Gasteiger partial charge on any atom is 0.251 e. The van der Waals surface area contributed by atoms with Gasteiger partial charge in [-0.3, -0.25) is 4.79 Å². The lowest BCUT2D eigenvalue weighted by Crippen LogP contribution is -2.42. The molecule has 0 bridgehead atoms. The van der Waals surface area contributed by atoms with Crippen LogP contribution >= 0.6 is 0 Å². The molecular formula is C30H30F2N4O5. The van der Waals surface area contributed by atoms with Crippen LogP contribution in [0.5, 0.6) is 5.75 Å². The highest BCUT2D eigenvalue weighted by atomic mass is 19.1. The Morgan fingerprint density at radius 1 is 1.17 bits per heavy atom. The van der Waals surface area contributed by atoms with Gasteiger partial charge in [0.15, 0.2) is 5.82 Å². The average Bonchev–Trinajstić information content (AvgIpc) is 3.32. The lowest BCUT2D eigenvalue weighted by Gasteiger charge is -2.30. The molecule has 0 radical (unpaired) electrons. The molecule has 41 heavy (non-hydrogen) atoms. The molecule has 3 heterocycles. The predicted octanol–water partition coefficient (Wildman–Crippen LogP) is 3.92. The molecule has 0 unspecified atom stereocenters. The third-order valence-electron chi connectivity index (χ3n) is 7.11. The number of rotatable bonds is 7. The number of halogens is 2. The zero-order valence-corrected chi connectivity index (χ0v) is 23.0. The molecule has 1 fully saturated rings. The fraction of sp³-hybridized carbons (Fsp3) is 0.333. The van der Waals surface area contributed by atoms with Gasteiger partial charge < -0.3 is 25.0 Å². The minimum Gasteiger partial charge on any atom is -0.494 e. The van der Waals surface area contributed by atoms with Gasteiger partial charge in [0.05, 0.1) is 43.4 Å². The summed E-state index contributed by atoms with van der Waals surface area (Å²) in [7, 11) is 1.47. The third kappa shape index (κ3) is 5.61. The fourth-order valence-corrected chi connectivity index (χ4v) is 4.99. The van der Waals surface area contributed by atoms with Crippen LogP contribution in [0.25, 0.3) is 22.2 Å².